The van der Waals surface area contributed by atoms with Crippen LogP contribution >= 0.6 is 0 Å². The molecule has 4 N–H and O–H groups in total. The van der Waals surface area contributed by atoms with E-state index in [0.717, 1.165) is 17.5 Å². The summed E-state index contributed by atoms with van der Waals surface area (Å²) in [5.74, 6) is -0.920. The first-order chi connectivity index (χ1) is 13.8. The molecular weight excluding hydrogens is 364 g/mol. The molecule has 1 aliphatic heterocycles. The van der Waals surface area contributed by atoms with Gasteiger partial charge in [0, 0.05) is 17.7 Å². The molecule has 3 rings (SSSR count). The number of anilines is 1. The van der Waals surface area contributed by atoms with Gasteiger partial charge in [0.2, 0.25) is 11.4 Å². The first-order valence-electron chi connectivity index (χ1n) is 9.95. The summed E-state index contributed by atoms with van der Waals surface area (Å²) in [6.07, 6.45) is 0.886. The van der Waals surface area contributed by atoms with Crippen LogP contribution in [0.2, 0.25) is 0 Å². The van der Waals surface area contributed by atoms with E-state index >= 15 is 0 Å². The molecule has 1 heterocycles. The van der Waals surface area contributed by atoms with Crippen LogP contribution in [-0.4, -0.2) is 35.7 Å². The number of nitrogens with two attached hydrogens (primary N) is 2. The molecular formula is C23H28N4O2. The van der Waals surface area contributed by atoms with Gasteiger partial charge in [-0.05, 0) is 18.9 Å². The number of amides is 1. The third kappa shape index (κ3) is 3.86. The monoisotopic (exact) mass is 392 g/mol. The van der Waals surface area contributed by atoms with Gasteiger partial charge in [0.25, 0.3) is 5.91 Å². The summed E-state index contributed by atoms with van der Waals surface area (Å²) in [6.45, 7) is 6.09. The fraction of sp³-hybridized carbons (Fsp3) is 0.348. The molecule has 2 aromatic rings. The van der Waals surface area contributed by atoms with E-state index in [-0.39, 0.29) is 5.92 Å². The molecule has 6 heteroatoms. The molecule has 0 aromatic heterocycles. The van der Waals surface area contributed by atoms with Gasteiger partial charge < -0.3 is 10.6 Å². The molecule has 29 heavy (non-hydrogen) atoms. The second kappa shape index (κ2) is 8.27. The lowest BCUT2D eigenvalue weighted by Gasteiger charge is -2.31. The summed E-state index contributed by atoms with van der Waals surface area (Å²) in [4.78, 5) is 32.8. The van der Waals surface area contributed by atoms with E-state index in [0.29, 0.717) is 17.9 Å². The number of ketones is 1. The van der Waals surface area contributed by atoms with Crippen LogP contribution in [0, 0.1) is 5.92 Å². The highest BCUT2D eigenvalue weighted by Crippen LogP contribution is 2.32. The van der Waals surface area contributed by atoms with Gasteiger partial charge in [0.1, 0.15) is 0 Å². The number of aliphatic imine (C=N–C) groups is 1. The van der Waals surface area contributed by atoms with Crippen LogP contribution in [0.25, 0.3) is 0 Å². The molecule has 2 unspecified atom stereocenters. The zero-order valence-corrected chi connectivity index (χ0v) is 17.1. The Balaban J connectivity index is 2.30. The minimum absolute atomic E-state index is 0.222. The van der Waals surface area contributed by atoms with Gasteiger partial charge in [-0.2, -0.15) is 0 Å². The minimum atomic E-state index is -2.08. The Morgan fingerprint density at radius 2 is 1.72 bits per heavy atom. The molecule has 1 aliphatic rings. The van der Waals surface area contributed by atoms with Crippen molar-refractivity contribution in [2.45, 2.75) is 38.9 Å². The van der Waals surface area contributed by atoms with Crippen molar-refractivity contribution >= 4 is 23.1 Å². The van der Waals surface area contributed by atoms with Gasteiger partial charge in [-0.15, -0.1) is 0 Å². The van der Waals surface area contributed by atoms with E-state index in [1.165, 1.54) is 6.92 Å². The van der Waals surface area contributed by atoms with Crippen molar-refractivity contribution in [3.63, 3.8) is 0 Å². The molecule has 0 fully saturated rings. The average molecular weight is 393 g/mol. The fourth-order valence-corrected chi connectivity index (χ4v) is 3.45. The minimum Gasteiger partial charge on any atom is -0.322 e. The molecule has 3 atom stereocenters. The quantitative estimate of drug-likeness (QED) is 0.737. The van der Waals surface area contributed by atoms with Crippen LogP contribution in [0.15, 0.2) is 59.6 Å². The number of benzene rings is 2. The Morgan fingerprint density at radius 3 is 2.34 bits per heavy atom. The van der Waals surface area contributed by atoms with Crippen LogP contribution in [-0.2, 0) is 9.59 Å². The van der Waals surface area contributed by atoms with Gasteiger partial charge in [-0.25, -0.2) is 4.99 Å². The van der Waals surface area contributed by atoms with Crippen LogP contribution in [0.3, 0.4) is 0 Å². The van der Waals surface area contributed by atoms with Crippen molar-refractivity contribution in [2.24, 2.45) is 22.4 Å². The lowest BCUT2D eigenvalue weighted by Crippen LogP contribution is -2.63. The normalized spacial score (nSPS) is 21.1. The maximum absolute atomic E-state index is 13.6. The van der Waals surface area contributed by atoms with Crippen molar-refractivity contribution in [3.8, 4) is 0 Å². The lowest BCUT2D eigenvalue weighted by molar-refractivity contribution is -0.134. The van der Waals surface area contributed by atoms with Gasteiger partial charge >= 0.3 is 0 Å². The van der Waals surface area contributed by atoms with E-state index in [2.05, 4.69) is 18.8 Å². The third-order valence-electron chi connectivity index (χ3n) is 5.34. The molecule has 0 bridgehead atoms. The van der Waals surface area contributed by atoms with Gasteiger partial charge in [0.15, 0.2) is 0 Å². The second-order valence-corrected chi connectivity index (χ2v) is 7.69. The molecule has 0 spiro atoms. The number of rotatable bonds is 6. The Hall–Kier alpha value is -2.83. The van der Waals surface area contributed by atoms with E-state index < -0.39 is 23.4 Å². The van der Waals surface area contributed by atoms with Crippen molar-refractivity contribution in [3.05, 3.63) is 65.7 Å². The van der Waals surface area contributed by atoms with E-state index in [4.69, 9.17) is 11.5 Å². The lowest BCUT2D eigenvalue weighted by atomic mass is 9.98. The van der Waals surface area contributed by atoms with Crippen LogP contribution in [0.4, 0.5) is 5.69 Å². The average Bonchev–Trinajstić information content (AvgIpc) is 2.83. The summed E-state index contributed by atoms with van der Waals surface area (Å²) >= 11 is 0. The van der Waals surface area contributed by atoms with Gasteiger partial charge in [-0.1, -0.05) is 68.8 Å². The number of benzodiazepines with no additional fused rings is 1. The highest BCUT2D eigenvalue weighted by atomic mass is 16.2. The number of para-hydroxylation sites is 1. The van der Waals surface area contributed by atoms with E-state index in [1.54, 1.807) is 4.90 Å². The maximum atomic E-state index is 13.6. The Morgan fingerprint density at radius 1 is 1.10 bits per heavy atom. The number of carbonyl (C=O) groups excluding carboxylic acids is 2. The molecule has 0 saturated carbocycles. The highest BCUT2D eigenvalue weighted by Gasteiger charge is 2.48. The van der Waals surface area contributed by atoms with E-state index in [9.17, 15) is 9.59 Å². The smallest absolute Gasteiger partial charge is 0.277 e. The van der Waals surface area contributed by atoms with Crippen molar-refractivity contribution in [1.29, 1.82) is 0 Å². The zero-order valence-electron chi connectivity index (χ0n) is 17.1. The molecule has 2 aromatic carbocycles. The van der Waals surface area contributed by atoms with Gasteiger partial charge in [0.05, 0.1) is 17.4 Å². The van der Waals surface area contributed by atoms with Crippen molar-refractivity contribution in [2.75, 3.05) is 11.4 Å². The van der Waals surface area contributed by atoms with E-state index in [1.807, 2.05) is 54.6 Å². The van der Waals surface area contributed by atoms with Gasteiger partial charge in [-0.3, -0.25) is 15.3 Å². The predicted octanol–water partition coefficient (Wildman–Crippen LogP) is 2.49. The Kier molecular flexibility index (Phi) is 5.96. The molecule has 0 aliphatic carbocycles. The maximum Gasteiger partial charge on any atom is 0.277 e. The van der Waals surface area contributed by atoms with Crippen molar-refractivity contribution < 1.29 is 9.59 Å². The third-order valence-corrected chi connectivity index (χ3v) is 5.34. The van der Waals surface area contributed by atoms with Crippen molar-refractivity contribution in [1.82, 2.24) is 0 Å². The Bertz CT molecular complexity index is 939. The topological polar surface area (TPSA) is 102 Å². The highest BCUT2D eigenvalue weighted by molar-refractivity contribution is 6.26. The summed E-state index contributed by atoms with van der Waals surface area (Å²) in [5, 5.41) is 0. The SMILES string of the molecule is CCC(C)CN1C(=O)C(N)(C(=O)[C@H](C)N)N=C(c2ccccc2)c2ccccc21. The molecule has 152 valence electrons. The fourth-order valence-electron chi connectivity index (χ4n) is 3.45. The van der Waals surface area contributed by atoms with Crippen LogP contribution in [0.5, 0.6) is 0 Å². The summed E-state index contributed by atoms with van der Waals surface area (Å²) in [6, 6.07) is 16.1. The number of nitrogens with zero attached hydrogens (tertiary/aromatic N) is 2. The molecule has 1 amide bonds. The number of Topliss-reactive ketones (excluding diaryl/α,β-unsaturated/α-hetero) is 1. The standard InChI is InChI=1S/C23H28N4O2/c1-4-15(2)14-27-19-13-9-8-12-18(19)20(17-10-6-5-7-11-17)26-23(25,22(27)29)21(28)16(3)24/h5-13,15-16H,4,14,24-25H2,1-3H3/t15?,16-,23?/m0/s1. The first kappa shape index (κ1) is 20.9. The number of fused-ring (bicyclic) bond motifs is 1. The number of hydrogen-bond donors (Lipinski definition) is 2. The molecule has 0 radical (unpaired) electrons. The molecule has 0 saturated heterocycles. The summed E-state index contributed by atoms with van der Waals surface area (Å²) in [7, 11) is 0. The zero-order chi connectivity index (χ0) is 21.2. The number of carbonyl (C=O) groups is 2. The number of hydrogen-bond acceptors (Lipinski definition) is 5. The van der Waals surface area contributed by atoms with Crippen LogP contribution < -0.4 is 16.4 Å². The molecule has 6 nitrogen and oxygen atoms in total. The predicted molar refractivity (Wildman–Crippen MR) is 116 cm³/mol. The van der Waals surface area contributed by atoms with Crippen LogP contribution in [0.1, 0.15) is 38.3 Å². The first-order valence-corrected chi connectivity index (χ1v) is 9.95. The summed E-state index contributed by atoms with van der Waals surface area (Å²) < 4.78 is 0. The summed E-state index contributed by atoms with van der Waals surface area (Å²) in [5.41, 5.74) is 13.0. The Labute approximate surface area is 171 Å². The second-order valence-electron chi connectivity index (χ2n) is 7.69. The largest absolute Gasteiger partial charge is 0.322 e.